The maximum Gasteiger partial charge on any atom is 0.416 e. The van der Waals surface area contributed by atoms with Gasteiger partial charge in [0.25, 0.3) is 0 Å². The van der Waals surface area contributed by atoms with Crippen LogP contribution in [0, 0.1) is 0 Å². The summed E-state index contributed by atoms with van der Waals surface area (Å²) in [5.74, 6) is 0.382. The van der Waals surface area contributed by atoms with Crippen molar-refractivity contribution in [3.05, 3.63) is 47.8 Å². The first kappa shape index (κ1) is 17.8. The molecule has 1 aromatic heterocycles. The van der Waals surface area contributed by atoms with E-state index in [0.717, 1.165) is 43.5 Å². The van der Waals surface area contributed by atoms with Crippen molar-refractivity contribution in [1.82, 2.24) is 15.3 Å². The van der Waals surface area contributed by atoms with Crippen LogP contribution in [0.2, 0.25) is 0 Å². The maximum absolute atomic E-state index is 12.6. The highest BCUT2D eigenvalue weighted by Crippen LogP contribution is 2.30. The van der Waals surface area contributed by atoms with E-state index in [9.17, 15) is 18.3 Å². The second-order valence-corrected chi connectivity index (χ2v) is 6.48. The van der Waals surface area contributed by atoms with Crippen molar-refractivity contribution >= 4 is 0 Å². The summed E-state index contributed by atoms with van der Waals surface area (Å²) < 4.78 is 37.9. The van der Waals surface area contributed by atoms with Gasteiger partial charge in [0.2, 0.25) is 0 Å². The second-order valence-electron chi connectivity index (χ2n) is 6.48. The van der Waals surface area contributed by atoms with E-state index in [1.165, 1.54) is 12.1 Å². The third kappa shape index (κ3) is 4.55. The van der Waals surface area contributed by atoms with Crippen molar-refractivity contribution in [1.29, 1.82) is 0 Å². The van der Waals surface area contributed by atoms with E-state index in [1.54, 1.807) is 12.3 Å². The molecule has 0 radical (unpaired) electrons. The number of nitrogens with zero attached hydrogens (tertiary/aromatic N) is 2. The van der Waals surface area contributed by atoms with E-state index in [-0.39, 0.29) is 0 Å². The smallest absolute Gasteiger partial charge is 0.389 e. The van der Waals surface area contributed by atoms with Gasteiger partial charge in [0.05, 0.1) is 16.9 Å². The molecule has 0 spiro atoms. The fraction of sp³-hybridized carbons (Fsp3) is 0.444. The van der Waals surface area contributed by atoms with Gasteiger partial charge < -0.3 is 10.4 Å². The van der Waals surface area contributed by atoms with Crippen LogP contribution in [0.3, 0.4) is 0 Å². The number of halogens is 3. The molecule has 2 N–H and O–H groups in total. The molecule has 0 aliphatic heterocycles. The van der Waals surface area contributed by atoms with Gasteiger partial charge in [-0.25, -0.2) is 9.97 Å². The molecular weight excluding hydrogens is 331 g/mol. The average Bonchev–Trinajstić information content (AvgIpc) is 3.01. The van der Waals surface area contributed by atoms with Crippen LogP contribution in [0.25, 0.3) is 11.4 Å². The first-order valence-electron chi connectivity index (χ1n) is 8.28. The molecule has 1 saturated carbocycles. The predicted octanol–water partition coefficient (Wildman–Crippen LogP) is 3.56. The summed E-state index contributed by atoms with van der Waals surface area (Å²) >= 11 is 0. The monoisotopic (exact) mass is 351 g/mol. The zero-order chi connectivity index (χ0) is 17.9. The number of benzene rings is 1. The van der Waals surface area contributed by atoms with E-state index in [1.807, 2.05) is 0 Å². The van der Waals surface area contributed by atoms with Gasteiger partial charge in [0.1, 0.15) is 0 Å². The van der Waals surface area contributed by atoms with Crippen LogP contribution >= 0.6 is 0 Å². The molecule has 1 fully saturated rings. The molecule has 1 aromatic carbocycles. The van der Waals surface area contributed by atoms with Gasteiger partial charge in [-0.2, -0.15) is 13.2 Å². The van der Waals surface area contributed by atoms with Gasteiger partial charge in [0, 0.05) is 24.8 Å². The minimum absolute atomic E-state index is 0.382. The summed E-state index contributed by atoms with van der Waals surface area (Å²) in [5.41, 5.74) is -0.0711. The van der Waals surface area contributed by atoms with Gasteiger partial charge >= 0.3 is 6.18 Å². The third-order valence-corrected chi connectivity index (χ3v) is 4.48. The fourth-order valence-corrected chi connectivity index (χ4v) is 3.08. The minimum atomic E-state index is -4.36. The largest absolute Gasteiger partial charge is 0.416 e. The minimum Gasteiger partial charge on any atom is -0.389 e. The van der Waals surface area contributed by atoms with Gasteiger partial charge in [0.15, 0.2) is 5.82 Å². The highest BCUT2D eigenvalue weighted by molar-refractivity contribution is 5.55. The average molecular weight is 351 g/mol. The number of hydrogen-bond donors (Lipinski definition) is 2. The van der Waals surface area contributed by atoms with Crippen LogP contribution < -0.4 is 5.32 Å². The zero-order valence-corrected chi connectivity index (χ0v) is 13.7. The first-order valence-corrected chi connectivity index (χ1v) is 8.28. The van der Waals surface area contributed by atoms with Crippen LogP contribution in [0.4, 0.5) is 13.2 Å². The van der Waals surface area contributed by atoms with E-state index < -0.39 is 17.3 Å². The maximum atomic E-state index is 12.6. The zero-order valence-electron chi connectivity index (χ0n) is 13.7. The lowest BCUT2D eigenvalue weighted by Gasteiger charge is -2.22. The summed E-state index contributed by atoms with van der Waals surface area (Å²) in [6, 6.07) is 6.55. The Labute approximate surface area is 144 Å². The van der Waals surface area contributed by atoms with E-state index in [4.69, 9.17) is 0 Å². The SMILES string of the molecule is OC1(CNCc2ccnc(-c3ccc(C(F)(F)F)cc3)n2)CCCC1. The summed E-state index contributed by atoms with van der Waals surface area (Å²) in [6.45, 7) is 0.977. The Kier molecular flexibility index (Phi) is 5.06. The van der Waals surface area contributed by atoms with Crippen molar-refractivity contribution in [2.24, 2.45) is 0 Å². The van der Waals surface area contributed by atoms with Gasteiger partial charge in [-0.1, -0.05) is 25.0 Å². The molecule has 1 aliphatic rings. The quantitative estimate of drug-likeness (QED) is 0.865. The highest BCUT2D eigenvalue weighted by Gasteiger charge is 2.31. The van der Waals surface area contributed by atoms with Crippen molar-refractivity contribution in [3.63, 3.8) is 0 Å². The topological polar surface area (TPSA) is 58.0 Å². The molecule has 0 unspecified atom stereocenters. The van der Waals surface area contributed by atoms with Crippen LogP contribution in [0.15, 0.2) is 36.5 Å². The summed E-state index contributed by atoms with van der Waals surface area (Å²) in [4.78, 5) is 8.52. The molecule has 1 heterocycles. The van der Waals surface area contributed by atoms with Crippen LogP contribution in [-0.2, 0) is 12.7 Å². The number of rotatable bonds is 5. The Balaban J connectivity index is 1.65. The van der Waals surface area contributed by atoms with Crippen molar-refractivity contribution in [3.8, 4) is 11.4 Å². The van der Waals surface area contributed by atoms with E-state index in [0.29, 0.717) is 24.5 Å². The van der Waals surface area contributed by atoms with Crippen molar-refractivity contribution in [2.45, 2.75) is 44.0 Å². The fourth-order valence-electron chi connectivity index (χ4n) is 3.08. The molecular formula is C18H20F3N3O. The molecule has 3 rings (SSSR count). The number of nitrogens with one attached hydrogen (secondary N) is 1. The van der Waals surface area contributed by atoms with Crippen molar-refractivity contribution in [2.75, 3.05) is 6.54 Å². The second kappa shape index (κ2) is 7.09. The number of alkyl halides is 3. The first-order chi connectivity index (χ1) is 11.9. The van der Waals surface area contributed by atoms with E-state index in [2.05, 4.69) is 15.3 Å². The summed E-state index contributed by atoms with van der Waals surface area (Å²) in [5, 5.41) is 13.5. The van der Waals surface area contributed by atoms with Gasteiger partial charge in [-0.15, -0.1) is 0 Å². The molecule has 134 valence electrons. The Bertz CT molecular complexity index is 710. The van der Waals surface area contributed by atoms with Gasteiger partial charge in [-0.3, -0.25) is 0 Å². The normalized spacial score (nSPS) is 17.0. The van der Waals surface area contributed by atoms with Gasteiger partial charge in [-0.05, 0) is 31.0 Å². The molecule has 0 saturated heterocycles. The lowest BCUT2D eigenvalue weighted by molar-refractivity contribution is -0.137. The Morgan fingerprint density at radius 3 is 2.40 bits per heavy atom. The molecule has 25 heavy (non-hydrogen) atoms. The predicted molar refractivity (Wildman–Crippen MR) is 87.6 cm³/mol. The van der Waals surface area contributed by atoms with Crippen LogP contribution in [0.1, 0.15) is 36.9 Å². The number of aliphatic hydroxyl groups is 1. The highest BCUT2D eigenvalue weighted by atomic mass is 19.4. The molecule has 0 bridgehead atoms. The lowest BCUT2D eigenvalue weighted by atomic mass is 10.0. The summed E-state index contributed by atoms with van der Waals surface area (Å²) in [6.07, 6.45) is 0.932. The Hall–Kier alpha value is -1.99. The lowest BCUT2D eigenvalue weighted by Crippen LogP contribution is -2.37. The van der Waals surface area contributed by atoms with E-state index >= 15 is 0 Å². The molecule has 2 aromatic rings. The molecule has 7 heteroatoms. The number of hydrogen-bond acceptors (Lipinski definition) is 4. The Morgan fingerprint density at radius 1 is 1.08 bits per heavy atom. The standard InChI is InChI=1S/C18H20F3N3O/c19-18(20,21)14-5-3-13(4-6-14)16-23-10-7-15(24-16)11-22-12-17(25)8-1-2-9-17/h3-7,10,22,25H,1-2,8-9,11-12H2. The molecule has 0 amide bonds. The van der Waals surface area contributed by atoms with Crippen molar-refractivity contribution < 1.29 is 18.3 Å². The summed E-state index contributed by atoms with van der Waals surface area (Å²) in [7, 11) is 0. The molecule has 0 atom stereocenters. The number of aromatic nitrogens is 2. The third-order valence-electron chi connectivity index (χ3n) is 4.48. The Morgan fingerprint density at radius 2 is 1.76 bits per heavy atom. The van der Waals surface area contributed by atoms with Crippen LogP contribution in [-0.4, -0.2) is 27.2 Å². The molecule has 1 aliphatic carbocycles. The molecule has 4 nitrogen and oxygen atoms in total. The van der Waals surface area contributed by atoms with Crippen LogP contribution in [0.5, 0.6) is 0 Å².